The number of nitrogens with zero attached hydrogens (tertiary/aromatic N) is 3. The molecule has 46 heavy (non-hydrogen) atoms. The molecule has 0 bridgehead atoms. The van der Waals surface area contributed by atoms with Crippen LogP contribution in [-0.2, 0) is 21.7 Å². The number of nitrogens with one attached hydrogen (secondary N) is 1. The topological polar surface area (TPSA) is 105 Å². The lowest BCUT2D eigenvalue weighted by atomic mass is 9.76. The lowest BCUT2D eigenvalue weighted by molar-refractivity contribution is -0.149. The zero-order valence-electron chi connectivity index (χ0n) is 25.1. The van der Waals surface area contributed by atoms with Crippen LogP contribution in [0.4, 0.5) is 5.69 Å². The molecule has 10 heteroatoms. The Labute approximate surface area is 276 Å². The van der Waals surface area contributed by atoms with Gasteiger partial charge in [-0.25, -0.2) is 14.8 Å². The van der Waals surface area contributed by atoms with Crippen molar-refractivity contribution in [1.82, 2.24) is 15.3 Å². The van der Waals surface area contributed by atoms with Gasteiger partial charge < -0.3 is 14.7 Å². The number of para-hydroxylation sites is 1. The highest BCUT2D eigenvalue weighted by atomic mass is 35.5. The number of aryl methyl sites for hydroxylation is 2. The summed E-state index contributed by atoms with van der Waals surface area (Å²) in [6.07, 6.45) is -1.61. The second-order valence-electron chi connectivity index (χ2n) is 11.1. The van der Waals surface area contributed by atoms with E-state index in [-0.39, 0.29) is 25.0 Å². The van der Waals surface area contributed by atoms with Gasteiger partial charge in [-0.1, -0.05) is 96.0 Å². The van der Waals surface area contributed by atoms with Crippen LogP contribution in [0.1, 0.15) is 28.1 Å². The minimum absolute atomic E-state index is 0.0644. The standard InChI is InChI=1S/C36H30Cl2N4O4/c1-22-18-23(2)41-35(40-22)46-33(34(44)45)36(26-13-8-12-25(19-26)24-10-4-3-5-11-24)28-14-6-7-17-31(28)42(32(43)20-39-36)21-27-29(37)15-9-16-30(27)38/h3-19,33,39H,20-21H2,1-2H3,(H,44,45)/t33-,36+/m1/s1. The first-order valence-electron chi connectivity index (χ1n) is 14.6. The Kier molecular flexibility index (Phi) is 8.77. The first-order chi connectivity index (χ1) is 22.2. The number of aromatic nitrogens is 2. The van der Waals surface area contributed by atoms with Crippen LogP contribution in [0.5, 0.6) is 6.01 Å². The molecule has 5 aromatic rings. The Hall–Kier alpha value is -4.76. The Balaban J connectivity index is 1.60. The third-order valence-corrected chi connectivity index (χ3v) is 8.75. The number of hydrogen-bond donors (Lipinski definition) is 2. The Bertz CT molecular complexity index is 1900. The first-order valence-corrected chi connectivity index (χ1v) is 15.4. The van der Waals surface area contributed by atoms with E-state index in [1.165, 1.54) is 0 Å². The van der Waals surface area contributed by atoms with E-state index >= 15 is 0 Å². The summed E-state index contributed by atoms with van der Waals surface area (Å²) in [6.45, 7) is 3.40. The second-order valence-corrected chi connectivity index (χ2v) is 11.9. The van der Waals surface area contributed by atoms with E-state index in [2.05, 4.69) is 15.3 Å². The van der Waals surface area contributed by atoms with Gasteiger partial charge in [0.2, 0.25) is 12.0 Å². The summed E-state index contributed by atoms with van der Waals surface area (Å²) in [4.78, 5) is 37.8. The molecule has 1 amide bonds. The van der Waals surface area contributed by atoms with Gasteiger partial charge >= 0.3 is 12.0 Å². The van der Waals surface area contributed by atoms with Crippen molar-refractivity contribution in [2.45, 2.75) is 32.0 Å². The summed E-state index contributed by atoms with van der Waals surface area (Å²) in [5.41, 5.74) is 3.59. The molecule has 0 spiro atoms. The fourth-order valence-electron chi connectivity index (χ4n) is 5.99. The van der Waals surface area contributed by atoms with Crippen LogP contribution in [-0.4, -0.2) is 39.6 Å². The number of amides is 1. The zero-order valence-corrected chi connectivity index (χ0v) is 26.6. The van der Waals surface area contributed by atoms with Crippen LogP contribution in [0.3, 0.4) is 0 Å². The quantitative estimate of drug-likeness (QED) is 0.186. The Morgan fingerprint density at radius 3 is 2.22 bits per heavy atom. The summed E-state index contributed by atoms with van der Waals surface area (Å²) < 4.78 is 6.26. The average molecular weight is 654 g/mol. The number of ether oxygens (including phenoxy) is 1. The zero-order chi connectivity index (χ0) is 32.4. The van der Waals surface area contributed by atoms with Crippen molar-refractivity contribution in [2.75, 3.05) is 11.4 Å². The number of benzene rings is 4. The molecule has 232 valence electrons. The molecule has 0 aliphatic carbocycles. The van der Waals surface area contributed by atoms with Crippen LogP contribution < -0.4 is 15.0 Å². The Morgan fingerprint density at radius 1 is 0.891 bits per heavy atom. The lowest BCUT2D eigenvalue weighted by Gasteiger charge is -2.39. The third kappa shape index (κ3) is 5.95. The number of halogens is 2. The monoisotopic (exact) mass is 652 g/mol. The van der Waals surface area contributed by atoms with E-state index in [4.69, 9.17) is 27.9 Å². The van der Waals surface area contributed by atoms with Crippen LogP contribution in [0.2, 0.25) is 10.0 Å². The normalized spacial score (nSPS) is 16.8. The summed E-state index contributed by atoms with van der Waals surface area (Å²) in [6, 6.07) is 31.4. The van der Waals surface area contributed by atoms with Crippen LogP contribution in [0.15, 0.2) is 103 Å². The molecule has 0 radical (unpaired) electrons. The minimum Gasteiger partial charge on any atom is -0.478 e. The highest BCUT2D eigenvalue weighted by Crippen LogP contribution is 2.44. The van der Waals surface area contributed by atoms with Crippen LogP contribution >= 0.6 is 23.2 Å². The number of aliphatic carboxylic acids is 1. The smallest absolute Gasteiger partial charge is 0.347 e. The maximum atomic E-state index is 14.0. The van der Waals surface area contributed by atoms with E-state index in [0.29, 0.717) is 43.8 Å². The second kappa shape index (κ2) is 12.9. The number of carbonyl (C=O) groups excluding carboxylic acids is 1. The maximum Gasteiger partial charge on any atom is 0.347 e. The van der Waals surface area contributed by atoms with E-state index in [1.807, 2.05) is 54.6 Å². The van der Waals surface area contributed by atoms with E-state index in [9.17, 15) is 14.7 Å². The summed E-state index contributed by atoms with van der Waals surface area (Å²) in [7, 11) is 0. The number of rotatable bonds is 8. The molecule has 0 fully saturated rings. The maximum absolute atomic E-state index is 14.0. The van der Waals surface area contributed by atoms with E-state index in [1.54, 1.807) is 67.3 Å². The summed E-state index contributed by atoms with van der Waals surface area (Å²) >= 11 is 13.1. The van der Waals surface area contributed by atoms with Gasteiger partial charge in [-0.2, -0.15) is 0 Å². The lowest BCUT2D eigenvalue weighted by Crippen LogP contribution is -2.58. The van der Waals surface area contributed by atoms with E-state index < -0.39 is 17.6 Å². The van der Waals surface area contributed by atoms with Crippen molar-refractivity contribution in [3.8, 4) is 17.1 Å². The number of carbonyl (C=O) groups is 2. The van der Waals surface area contributed by atoms with Gasteiger partial charge in [-0.3, -0.25) is 10.1 Å². The van der Waals surface area contributed by atoms with Crippen molar-refractivity contribution < 1.29 is 19.4 Å². The third-order valence-electron chi connectivity index (χ3n) is 8.04. The molecular formula is C36H30Cl2N4O4. The van der Waals surface area contributed by atoms with Crippen LogP contribution in [0.25, 0.3) is 11.1 Å². The molecular weight excluding hydrogens is 623 g/mol. The predicted molar refractivity (Wildman–Crippen MR) is 178 cm³/mol. The summed E-state index contributed by atoms with van der Waals surface area (Å²) in [5, 5.41) is 15.1. The molecule has 8 nitrogen and oxygen atoms in total. The Morgan fingerprint density at radius 2 is 1.52 bits per heavy atom. The van der Waals surface area contributed by atoms with Gasteiger partial charge in [0.25, 0.3) is 0 Å². The number of hydrogen-bond acceptors (Lipinski definition) is 6. The fraction of sp³-hybridized carbons (Fsp3) is 0.167. The number of carboxylic acids is 1. The molecule has 2 heterocycles. The summed E-state index contributed by atoms with van der Waals surface area (Å²) in [5.74, 6) is -1.58. The number of fused-ring (bicyclic) bond motifs is 1. The van der Waals surface area contributed by atoms with Gasteiger partial charge in [-0.05, 0) is 60.9 Å². The predicted octanol–water partition coefficient (Wildman–Crippen LogP) is 6.98. The van der Waals surface area contributed by atoms with Gasteiger partial charge in [0, 0.05) is 38.2 Å². The van der Waals surface area contributed by atoms with E-state index in [0.717, 1.165) is 11.1 Å². The molecule has 1 aliphatic rings. The van der Waals surface area contributed by atoms with Crippen molar-refractivity contribution in [3.05, 3.63) is 141 Å². The SMILES string of the molecule is Cc1cc(C)nc(O[C@H](C(=O)O)[C@@]2(c3cccc(-c4ccccc4)c3)NCC(=O)N(Cc3c(Cl)cccc3Cl)c3ccccc32)n1. The van der Waals surface area contributed by atoms with Crippen molar-refractivity contribution >= 4 is 40.8 Å². The number of anilines is 1. The van der Waals surface area contributed by atoms with Crippen molar-refractivity contribution in [3.63, 3.8) is 0 Å². The van der Waals surface area contributed by atoms with Gasteiger partial charge in [0.15, 0.2) is 0 Å². The fourth-order valence-corrected chi connectivity index (χ4v) is 6.51. The molecule has 0 unspecified atom stereocenters. The largest absolute Gasteiger partial charge is 0.478 e. The molecule has 2 N–H and O–H groups in total. The molecule has 1 aromatic heterocycles. The van der Waals surface area contributed by atoms with Gasteiger partial charge in [-0.15, -0.1) is 0 Å². The highest BCUT2D eigenvalue weighted by Gasteiger charge is 2.52. The van der Waals surface area contributed by atoms with Gasteiger partial charge in [0.05, 0.1) is 13.1 Å². The number of carboxylic acid groups (broad SMARTS) is 1. The minimum atomic E-state index is -1.61. The molecule has 4 aromatic carbocycles. The van der Waals surface area contributed by atoms with Crippen LogP contribution in [0, 0.1) is 13.8 Å². The van der Waals surface area contributed by atoms with Crippen molar-refractivity contribution in [2.24, 2.45) is 0 Å². The molecule has 0 saturated carbocycles. The molecule has 2 atom stereocenters. The first kappa shape index (κ1) is 31.2. The van der Waals surface area contributed by atoms with Crippen molar-refractivity contribution in [1.29, 1.82) is 0 Å². The molecule has 1 aliphatic heterocycles. The van der Waals surface area contributed by atoms with Gasteiger partial charge in [0.1, 0.15) is 5.54 Å². The average Bonchev–Trinajstić information content (AvgIpc) is 3.16. The molecule has 0 saturated heterocycles. The molecule has 6 rings (SSSR count). The highest BCUT2D eigenvalue weighted by molar-refractivity contribution is 6.36.